The number of aliphatic hydroxyl groups is 1. The van der Waals surface area contributed by atoms with Crippen LogP contribution in [0.2, 0.25) is 0 Å². The Labute approximate surface area is 107 Å². The number of carbonyl (C=O) groups excluding carboxylic acids is 1. The maximum Gasteiger partial charge on any atom is 0.407 e. The molecule has 1 saturated heterocycles. The number of ether oxygens (including phenoxy) is 1. The first-order valence-electron chi connectivity index (χ1n) is 6.08. The van der Waals surface area contributed by atoms with Gasteiger partial charge in [0.05, 0.1) is 0 Å². The van der Waals surface area contributed by atoms with E-state index in [0.717, 1.165) is 17.9 Å². The van der Waals surface area contributed by atoms with Gasteiger partial charge in [0.25, 0.3) is 0 Å². The lowest BCUT2D eigenvalue weighted by Gasteiger charge is -2.30. The number of amides is 1. The van der Waals surface area contributed by atoms with Crippen LogP contribution in [0.4, 0.5) is 4.79 Å². The monoisotopic (exact) mass is 261 g/mol. The standard InChI is InChI=1S/C12H23NO3S/c1-12(2,3)16-11(15)13-6-9-4-5-17-8-10(9)7-14/h9-10,14H,4-8H2,1-3H3,(H,13,15). The second kappa shape index (κ2) is 6.50. The number of hydrogen-bond acceptors (Lipinski definition) is 4. The third kappa shape index (κ3) is 5.64. The van der Waals surface area contributed by atoms with Crippen LogP contribution in [0.3, 0.4) is 0 Å². The molecule has 5 heteroatoms. The molecule has 0 aromatic rings. The maximum atomic E-state index is 11.5. The Morgan fingerprint density at radius 2 is 2.18 bits per heavy atom. The average molecular weight is 261 g/mol. The average Bonchev–Trinajstić information content (AvgIpc) is 2.24. The van der Waals surface area contributed by atoms with Crippen molar-refractivity contribution in [2.24, 2.45) is 11.8 Å². The zero-order valence-corrected chi connectivity index (χ0v) is 11.7. The van der Waals surface area contributed by atoms with Gasteiger partial charge in [-0.25, -0.2) is 4.79 Å². The molecule has 1 fully saturated rings. The highest BCUT2D eigenvalue weighted by molar-refractivity contribution is 7.99. The molecule has 0 aliphatic carbocycles. The predicted molar refractivity (Wildman–Crippen MR) is 70.2 cm³/mol. The maximum absolute atomic E-state index is 11.5. The summed E-state index contributed by atoms with van der Waals surface area (Å²) < 4.78 is 5.18. The van der Waals surface area contributed by atoms with Crippen LogP contribution in [-0.4, -0.2) is 41.5 Å². The van der Waals surface area contributed by atoms with Gasteiger partial charge in [0, 0.05) is 13.2 Å². The highest BCUT2D eigenvalue weighted by atomic mass is 32.2. The molecule has 0 saturated carbocycles. The fourth-order valence-electron chi connectivity index (χ4n) is 1.84. The normalized spacial score (nSPS) is 25.4. The first-order valence-corrected chi connectivity index (χ1v) is 7.23. The summed E-state index contributed by atoms with van der Waals surface area (Å²) in [7, 11) is 0. The fraction of sp³-hybridized carbons (Fsp3) is 0.917. The summed E-state index contributed by atoms with van der Waals surface area (Å²) in [5.41, 5.74) is -0.455. The second-order valence-corrected chi connectivity index (χ2v) is 6.60. The molecule has 1 amide bonds. The summed E-state index contributed by atoms with van der Waals surface area (Å²) in [6, 6.07) is 0. The van der Waals surface area contributed by atoms with Crippen molar-refractivity contribution in [2.75, 3.05) is 24.7 Å². The van der Waals surface area contributed by atoms with Crippen LogP contribution in [-0.2, 0) is 4.74 Å². The summed E-state index contributed by atoms with van der Waals surface area (Å²) in [5.74, 6) is 2.76. The van der Waals surface area contributed by atoms with E-state index < -0.39 is 5.60 Å². The third-order valence-electron chi connectivity index (χ3n) is 2.77. The minimum absolute atomic E-state index is 0.202. The van der Waals surface area contributed by atoms with Crippen molar-refractivity contribution < 1.29 is 14.6 Å². The molecule has 0 bridgehead atoms. The van der Waals surface area contributed by atoms with E-state index in [1.54, 1.807) is 0 Å². The lowest BCUT2D eigenvalue weighted by Crippen LogP contribution is -2.39. The van der Waals surface area contributed by atoms with Crippen molar-refractivity contribution in [2.45, 2.75) is 32.8 Å². The molecule has 2 atom stereocenters. The van der Waals surface area contributed by atoms with E-state index in [4.69, 9.17) is 4.74 Å². The first kappa shape index (κ1) is 14.6. The molecule has 100 valence electrons. The van der Waals surface area contributed by atoms with Crippen molar-refractivity contribution in [1.82, 2.24) is 5.32 Å². The van der Waals surface area contributed by atoms with Crippen LogP contribution in [0.1, 0.15) is 27.2 Å². The molecule has 1 rings (SSSR count). The minimum atomic E-state index is -0.455. The molecule has 4 nitrogen and oxygen atoms in total. The lowest BCUT2D eigenvalue weighted by atomic mass is 9.91. The number of rotatable bonds is 3. The SMILES string of the molecule is CC(C)(C)OC(=O)NCC1CCSCC1CO. The van der Waals surface area contributed by atoms with Gasteiger partial charge in [0.15, 0.2) is 0 Å². The molecule has 2 unspecified atom stereocenters. The van der Waals surface area contributed by atoms with E-state index in [1.165, 1.54) is 0 Å². The van der Waals surface area contributed by atoms with Gasteiger partial charge in [0.1, 0.15) is 5.60 Å². The summed E-state index contributed by atoms with van der Waals surface area (Å²) in [6.45, 7) is 6.34. The summed E-state index contributed by atoms with van der Waals surface area (Å²) in [5, 5.41) is 12.0. The first-order chi connectivity index (χ1) is 7.92. The zero-order valence-electron chi connectivity index (χ0n) is 10.9. The van der Waals surface area contributed by atoms with E-state index in [1.807, 2.05) is 32.5 Å². The molecule has 0 spiro atoms. The predicted octanol–water partition coefficient (Wildman–Crippen LogP) is 1.87. The smallest absolute Gasteiger partial charge is 0.407 e. The number of aliphatic hydroxyl groups excluding tert-OH is 1. The highest BCUT2D eigenvalue weighted by Gasteiger charge is 2.26. The van der Waals surface area contributed by atoms with Crippen LogP contribution in [0, 0.1) is 11.8 Å². The van der Waals surface area contributed by atoms with Crippen LogP contribution in [0.25, 0.3) is 0 Å². The van der Waals surface area contributed by atoms with E-state index in [0.29, 0.717) is 18.4 Å². The second-order valence-electron chi connectivity index (χ2n) is 5.45. The lowest BCUT2D eigenvalue weighted by molar-refractivity contribution is 0.0507. The van der Waals surface area contributed by atoms with Gasteiger partial charge >= 0.3 is 6.09 Å². The van der Waals surface area contributed by atoms with Crippen LogP contribution < -0.4 is 5.32 Å². The molecule has 0 aromatic heterocycles. The number of alkyl carbamates (subject to hydrolysis) is 1. The van der Waals surface area contributed by atoms with E-state index in [9.17, 15) is 9.90 Å². The molecule has 1 heterocycles. The number of thioether (sulfide) groups is 1. The van der Waals surface area contributed by atoms with Crippen molar-refractivity contribution in [3.63, 3.8) is 0 Å². The molecule has 17 heavy (non-hydrogen) atoms. The van der Waals surface area contributed by atoms with Gasteiger partial charge in [-0.1, -0.05) is 0 Å². The van der Waals surface area contributed by atoms with Crippen molar-refractivity contribution in [1.29, 1.82) is 0 Å². The molecular formula is C12H23NO3S. The van der Waals surface area contributed by atoms with E-state index in [-0.39, 0.29) is 12.7 Å². The Morgan fingerprint density at radius 3 is 2.76 bits per heavy atom. The Bertz CT molecular complexity index is 253. The summed E-state index contributed by atoms with van der Waals surface area (Å²) in [6.07, 6.45) is 0.679. The Balaban J connectivity index is 2.31. The van der Waals surface area contributed by atoms with Crippen LogP contribution >= 0.6 is 11.8 Å². The van der Waals surface area contributed by atoms with Crippen LogP contribution in [0.5, 0.6) is 0 Å². The molecular weight excluding hydrogens is 238 g/mol. The van der Waals surface area contributed by atoms with Gasteiger partial charge in [0.2, 0.25) is 0 Å². The molecule has 1 aliphatic heterocycles. The fourth-order valence-corrected chi connectivity index (χ4v) is 3.16. The third-order valence-corrected chi connectivity index (χ3v) is 3.96. The summed E-state index contributed by atoms with van der Waals surface area (Å²) in [4.78, 5) is 11.5. The molecule has 1 aliphatic rings. The topological polar surface area (TPSA) is 58.6 Å². The Kier molecular flexibility index (Phi) is 5.59. The number of nitrogens with one attached hydrogen (secondary N) is 1. The van der Waals surface area contributed by atoms with Crippen LogP contribution in [0.15, 0.2) is 0 Å². The van der Waals surface area contributed by atoms with Crippen molar-refractivity contribution in [3.05, 3.63) is 0 Å². The van der Waals surface area contributed by atoms with Crippen molar-refractivity contribution >= 4 is 17.9 Å². The molecule has 2 N–H and O–H groups in total. The van der Waals surface area contributed by atoms with E-state index in [2.05, 4.69) is 5.32 Å². The number of hydrogen-bond donors (Lipinski definition) is 2. The van der Waals surface area contributed by atoms with E-state index >= 15 is 0 Å². The molecule has 0 aromatic carbocycles. The Hall–Kier alpha value is -0.420. The summed E-state index contributed by atoms with van der Waals surface area (Å²) >= 11 is 1.87. The van der Waals surface area contributed by atoms with Gasteiger partial charge < -0.3 is 15.2 Å². The van der Waals surface area contributed by atoms with Gasteiger partial charge in [-0.3, -0.25) is 0 Å². The zero-order chi connectivity index (χ0) is 12.9. The van der Waals surface area contributed by atoms with Gasteiger partial charge in [-0.05, 0) is 50.5 Å². The van der Waals surface area contributed by atoms with Gasteiger partial charge in [-0.2, -0.15) is 11.8 Å². The quantitative estimate of drug-likeness (QED) is 0.814. The molecule has 0 radical (unpaired) electrons. The van der Waals surface area contributed by atoms with Crippen molar-refractivity contribution in [3.8, 4) is 0 Å². The Morgan fingerprint density at radius 1 is 1.47 bits per heavy atom. The minimum Gasteiger partial charge on any atom is -0.444 e. The largest absolute Gasteiger partial charge is 0.444 e. The highest BCUT2D eigenvalue weighted by Crippen LogP contribution is 2.27. The number of carbonyl (C=O) groups is 1. The van der Waals surface area contributed by atoms with Gasteiger partial charge in [-0.15, -0.1) is 0 Å².